The van der Waals surface area contributed by atoms with Gasteiger partial charge in [0.2, 0.25) is 11.8 Å². The number of carbonyl (C=O) groups excluding carboxylic acids is 3. The highest BCUT2D eigenvalue weighted by Gasteiger charge is 2.27. The molecule has 0 aliphatic carbocycles. The van der Waals surface area contributed by atoms with E-state index in [1.54, 1.807) is 0 Å². The van der Waals surface area contributed by atoms with Gasteiger partial charge < -0.3 is 20.5 Å². The summed E-state index contributed by atoms with van der Waals surface area (Å²) in [4.78, 5) is 42.0. The number of methoxy groups -OCH3 is 1. The zero-order valence-corrected chi connectivity index (χ0v) is 19.6. The number of hydrogen-bond donors (Lipinski definition) is 3. The van der Waals surface area contributed by atoms with E-state index in [9.17, 15) is 28.3 Å². The lowest BCUT2D eigenvalue weighted by molar-refractivity contribution is -0.132. The molecule has 8 nitrogen and oxygen atoms in total. The van der Waals surface area contributed by atoms with E-state index in [0.29, 0.717) is 17.4 Å². The Morgan fingerprint density at radius 3 is 2.33 bits per heavy atom. The molecule has 1 heterocycles. The van der Waals surface area contributed by atoms with Crippen LogP contribution in [0.5, 0.6) is 0 Å². The van der Waals surface area contributed by atoms with Crippen molar-refractivity contribution in [2.75, 3.05) is 12.4 Å². The lowest BCUT2D eigenvalue weighted by atomic mass is 10.1. The van der Waals surface area contributed by atoms with Crippen LogP contribution in [0.3, 0.4) is 0 Å². The number of nitrogens with zero attached hydrogens (tertiary/aromatic N) is 1. The number of rotatable bonds is 10. The number of halogens is 2. The van der Waals surface area contributed by atoms with E-state index in [1.807, 2.05) is 20.8 Å². The Balaban J connectivity index is 2.10. The van der Waals surface area contributed by atoms with Gasteiger partial charge in [0.25, 0.3) is 0 Å². The van der Waals surface area contributed by atoms with Crippen molar-refractivity contribution in [3.63, 3.8) is 0 Å². The summed E-state index contributed by atoms with van der Waals surface area (Å²) in [6, 6.07) is 1.73. The minimum absolute atomic E-state index is 0.0313. The third-order valence-corrected chi connectivity index (χ3v) is 5.92. The SMILES string of the molecule is CCC[C@H](NC(=O)[C@@H](O)Cc1cc(F)cc(F)c1)C(=O)Nc1nc(C(=O)OC)c(C(C)C)s1. The van der Waals surface area contributed by atoms with Crippen molar-refractivity contribution < 1.29 is 33.0 Å². The van der Waals surface area contributed by atoms with Gasteiger partial charge in [-0.15, -0.1) is 11.3 Å². The number of esters is 1. The zero-order valence-electron chi connectivity index (χ0n) is 18.8. The maximum atomic E-state index is 13.3. The highest BCUT2D eigenvalue weighted by atomic mass is 32.1. The van der Waals surface area contributed by atoms with Gasteiger partial charge in [0, 0.05) is 17.4 Å². The molecule has 1 aromatic carbocycles. The molecule has 2 amide bonds. The van der Waals surface area contributed by atoms with E-state index in [2.05, 4.69) is 15.6 Å². The number of amides is 2. The average Bonchev–Trinajstić information content (AvgIpc) is 3.16. The topological polar surface area (TPSA) is 118 Å². The largest absolute Gasteiger partial charge is 0.464 e. The predicted octanol–water partition coefficient (Wildman–Crippen LogP) is 3.16. The molecule has 0 spiro atoms. The number of ether oxygens (including phenoxy) is 1. The van der Waals surface area contributed by atoms with Gasteiger partial charge in [0.15, 0.2) is 10.8 Å². The Kier molecular flexibility index (Phi) is 9.42. The number of nitrogens with one attached hydrogen (secondary N) is 2. The van der Waals surface area contributed by atoms with Gasteiger partial charge in [-0.2, -0.15) is 0 Å². The highest BCUT2D eigenvalue weighted by Crippen LogP contribution is 2.30. The van der Waals surface area contributed by atoms with Crippen LogP contribution in [0.2, 0.25) is 0 Å². The van der Waals surface area contributed by atoms with Crippen LogP contribution in [0.1, 0.15) is 60.5 Å². The fourth-order valence-electron chi connectivity index (χ4n) is 3.08. The molecular weight excluding hydrogens is 456 g/mol. The van der Waals surface area contributed by atoms with Gasteiger partial charge in [-0.1, -0.05) is 27.2 Å². The van der Waals surface area contributed by atoms with Crippen molar-refractivity contribution in [2.45, 2.75) is 58.1 Å². The standard InChI is InChI=1S/C22H27F2N3O5S/c1-5-6-15(25-20(30)16(28)9-12-7-13(23)10-14(24)8-12)19(29)27-22-26-17(21(31)32-4)18(33-22)11(2)3/h7-8,10-11,15-16,28H,5-6,9H2,1-4H3,(H,25,30)(H,26,27,29)/t15-,16-/m0/s1. The van der Waals surface area contributed by atoms with Crippen LogP contribution in [0.4, 0.5) is 13.9 Å². The van der Waals surface area contributed by atoms with Crippen LogP contribution in [-0.4, -0.2) is 47.1 Å². The molecule has 0 aliphatic heterocycles. The fourth-order valence-corrected chi connectivity index (χ4v) is 4.04. The second kappa shape index (κ2) is 11.8. The summed E-state index contributed by atoms with van der Waals surface area (Å²) in [6.45, 7) is 5.56. The minimum Gasteiger partial charge on any atom is -0.464 e. The average molecular weight is 484 g/mol. The van der Waals surface area contributed by atoms with Gasteiger partial charge in [0.05, 0.1) is 7.11 Å². The van der Waals surface area contributed by atoms with E-state index < -0.39 is 41.6 Å². The molecule has 2 rings (SSSR count). The van der Waals surface area contributed by atoms with Gasteiger partial charge >= 0.3 is 5.97 Å². The summed E-state index contributed by atoms with van der Waals surface area (Å²) < 4.78 is 31.4. The molecule has 33 heavy (non-hydrogen) atoms. The summed E-state index contributed by atoms with van der Waals surface area (Å²) >= 11 is 1.13. The molecule has 0 aliphatic rings. The van der Waals surface area contributed by atoms with Gasteiger partial charge in [-0.3, -0.25) is 9.59 Å². The second-order valence-corrected chi connectivity index (χ2v) is 8.75. The van der Waals surface area contributed by atoms with Crippen molar-refractivity contribution in [3.05, 3.63) is 46.0 Å². The Hall–Kier alpha value is -2.92. The summed E-state index contributed by atoms with van der Waals surface area (Å²) in [7, 11) is 1.24. The molecule has 0 fully saturated rings. The smallest absolute Gasteiger partial charge is 0.357 e. The Labute approximate surface area is 194 Å². The quantitative estimate of drug-likeness (QED) is 0.447. The number of carbonyl (C=O) groups is 3. The van der Waals surface area contributed by atoms with E-state index in [0.717, 1.165) is 23.5 Å². The first-order valence-corrected chi connectivity index (χ1v) is 11.2. The fraction of sp³-hybridized carbons (Fsp3) is 0.455. The Morgan fingerprint density at radius 1 is 1.15 bits per heavy atom. The molecule has 11 heteroatoms. The van der Waals surface area contributed by atoms with Crippen LogP contribution in [0.15, 0.2) is 18.2 Å². The molecular formula is C22H27F2N3O5S. The van der Waals surface area contributed by atoms with E-state index in [4.69, 9.17) is 4.74 Å². The predicted molar refractivity (Wildman–Crippen MR) is 119 cm³/mol. The Bertz CT molecular complexity index is 992. The van der Waals surface area contributed by atoms with Gasteiger partial charge in [-0.25, -0.2) is 18.6 Å². The molecule has 3 N–H and O–H groups in total. The first-order valence-electron chi connectivity index (χ1n) is 10.4. The van der Waals surface area contributed by atoms with Crippen LogP contribution < -0.4 is 10.6 Å². The minimum atomic E-state index is -1.61. The number of hydrogen-bond acceptors (Lipinski definition) is 7. The molecule has 0 radical (unpaired) electrons. The summed E-state index contributed by atoms with van der Waals surface area (Å²) in [5, 5.41) is 15.4. The van der Waals surface area contributed by atoms with Gasteiger partial charge in [-0.05, 0) is 30.0 Å². The van der Waals surface area contributed by atoms with E-state index in [1.165, 1.54) is 7.11 Å². The normalized spacial score (nSPS) is 12.8. The molecule has 2 aromatic rings. The van der Waals surface area contributed by atoms with Crippen molar-refractivity contribution in [1.82, 2.24) is 10.3 Å². The molecule has 0 unspecified atom stereocenters. The van der Waals surface area contributed by atoms with Crippen LogP contribution in [0.25, 0.3) is 0 Å². The molecule has 0 saturated carbocycles. The zero-order chi connectivity index (χ0) is 24.7. The number of aliphatic hydroxyl groups excluding tert-OH is 1. The number of thiazole rings is 1. The van der Waals surface area contributed by atoms with Crippen molar-refractivity contribution in [3.8, 4) is 0 Å². The third-order valence-electron chi connectivity index (χ3n) is 4.65. The second-order valence-electron chi connectivity index (χ2n) is 7.71. The molecule has 0 bridgehead atoms. The summed E-state index contributed by atoms with van der Waals surface area (Å²) in [6.07, 6.45) is -1.12. The number of aromatic nitrogens is 1. The first kappa shape index (κ1) is 26.3. The molecule has 1 aromatic heterocycles. The van der Waals surface area contributed by atoms with Crippen LogP contribution in [-0.2, 0) is 20.7 Å². The highest BCUT2D eigenvalue weighted by molar-refractivity contribution is 7.16. The third kappa shape index (κ3) is 7.29. The lowest BCUT2D eigenvalue weighted by Gasteiger charge is -2.19. The van der Waals surface area contributed by atoms with Crippen molar-refractivity contribution in [1.29, 1.82) is 0 Å². The summed E-state index contributed by atoms with van der Waals surface area (Å²) in [5.74, 6) is -3.73. The number of anilines is 1. The first-order chi connectivity index (χ1) is 15.5. The molecule has 0 saturated heterocycles. The maximum absolute atomic E-state index is 13.3. The van der Waals surface area contributed by atoms with Crippen LogP contribution >= 0.6 is 11.3 Å². The van der Waals surface area contributed by atoms with Gasteiger partial charge in [0.1, 0.15) is 23.8 Å². The van der Waals surface area contributed by atoms with Crippen molar-refractivity contribution >= 4 is 34.3 Å². The lowest BCUT2D eigenvalue weighted by Crippen LogP contribution is -2.48. The molecule has 180 valence electrons. The summed E-state index contributed by atoms with van der Waals surface area (Å²) in [5.41, 5.74) is 0.215. The number of aliphatic hydroxyl groups is 1. The van der Waals surface area contributed by atoms with E-state index in [-0.39, 0.29) is 35.1 Å². The number of benzene rings is 1. The molecule has 2 atom stereocenters. The van der Waals surface area contributed by atoms with E-state index >= 15 is 0 Å². The van der Waals surface area contributed by atoms with Crippen LogP contribution in [0, 0.1) is 11.6 Å². The monoisotopic (exact) mass is 483 g/mol. The maximum Gasteiger partial charge on any atom is 0.357 e. The van der Waals surface area contributed by atoms with Crippen molar-refractivity contribution in [2.24, 2.45) is 0 Å². The Morgan fingerprint density at radius 2 is 1.79 bits per heavy atom.